The highest BCUT2D eigenvalue weighted by Gasteiger charge is 1.92. The van der Waals surface area contributed by atoms with Crippen molar-refractivity contribution in [3.8, 4) is 5.75 Å². The van der Waals surface area contributed by atoms with Crippen molar-refractivity contribution in [3.63, 3.8) is 0 Å². The second kappa shape index (κ2) is 5.45. The number of aliphatic hydroxyl groups excluding tert-OH is 1. The molecule has 0 radical (unpaired) electrons. The first-order valence-corrected chi connectivity index (χ1v) is 4.65. The Morgan fingerprint density at radius 3 is 2.50 bits per heavy atom. The Morgan fingerprint density at radius 2 is 2.00 bits per heavy atom. The smallest absolute Gasteiger partial charge is 0.118 e. The van der Waals surface area contributed by atoms with Crippen molar-refractivity contribution in [1.29, 1.82) is 0 Å². The van der Waals surface area contributed by atoms with Gasteiger partial charge in [0.15, 0.2) is 0 Å². The molecule has 0 fully saturated rings. The van der Waals surface area contributed by atoms with Gasteiger partial charge in [-0.05, 0) is 31.0 Å². The number of allylic oxidation sites excluding steroid dienone is 1. The maximum absolute atomic E-state index is 8.81. The summed E-state index contributed by atoms with van der Waals surface area (Å²) in [4.78, 5) is 0. The zero-order valence-corrected chi connectivity index (χ0v) is 8.66. The molecule has 0 heterocycles. The lowest BCUT2D eigenvalue weighted by atomic mass is 10.1. The molecule has 1 N–H and O–H groups in total. The van der Waals surface area contributed by atoms with E-state index in [9.17, 15) is 0 Å². The maximum Gasteiger partial charge on any atom is 0.118 e. The summed E-state index contributed by atoms with van der Waals surface area (Å²) in [6.07, 6.45) is 2.89. The first-order chi connectivity index (χ1) is 6.76. The van der Waals surface area contributed by atoms with Crippen molar-refractivity contribution >= 4 is 0 Å². The molecule has 0 aliphatic rings. The lowest BCUT2D eigenvalue weighted by Crippen LogP contribution is -1.88. The molecule has 0 aromatic heterocycles. The molecular formula is C12H16O2. The van der Waals surface area contributed by atoms with Crippen LogP contribution in [0.2, 0.25) is 0 Å². The molecule has 1 aromatic carbocycles. The van der Waals surface area contributed by atoms with Crippen molar-refractivity contribution in [2.75, 3.05) is 13.7 Å². The second-order valence-electron chi connectivity index (χ2n) is 3.26. The molecule has 0 saturated heterocycles. The normalized spacial score (nSPS) is 11.5. The standard InChI is InChI=1S/C12H16O2/c1-10(9-13)3-4-11-5-7-12(14-2)8-6-11/h3,5-8,13H,4,9H2,1-2H3/b10-3+. The average Bonchev–Trinajstić information content (AvgIpc) is 2.26. The Bertz CT molecular complexity index is 299. The van der Waals surface area contributed by atoms with Crippen LogP contribution in [-0.2, 0) is 6.42 Å². The highest BCUT2D eigenvalue weighted by atomic mass is 16.5. The molecule has 1 rings (SSSR count). The van der Waals surface area contributed by atoms with Crippen LogP contribution in [0.1, 0.15) is 12.5 Å². The highest BCUT2D eigenvalue weighted by molar-refractivity contribution is 5.28. The minimum Gasteiger partial charge on any atom is -0.497 e. The van der Waals surface area contributed by atoms with Crippen molar-refractivity contribution in [2.24, 2.45) is 0 Å². The molecular weight excluding hydrogens is 176 g/mol. The summed E-state index contributed by atoms with van der Waals surface area (Å²) in [7, 11) is 1.66. The SMILES string of the molecule is COc1ccc(C/C=C(\C)CO)cc1. The molecule has 0 amide bonds. The number of aliphatic hydroxyl groups is 1. The van der Waals surface area contributed by atoms with Crippen LogP contribution in [0.5, 0.6) is 5.75 Å². The van der Waals surface area contributed by atoms with Crippen LogP contribution < -0.4 is 4.74 Å². The number of rotatable bonds is 4. The summed E-state index contributed by atoms with van der Waals surface area (Å²) in [5.41, 5.74) is 2.22. The third kappa shape index (κ3) is 3.23. The molecule has 1 aromatic rings. The van der Waals surface area contributed by atoms with E-state index < -0.39 is 0 Å². The fraction of sp³-hybridized carbons (Fsp3) is 0.333. The molecule has 2 heteroatoms. The number of hydrogen-bond acceptors (Lipinski definition) is 2. The van der Waals surface area contributed by atoms with E-state index in [1.165, 1.54) is 5.56 Å². The molecule has 0 unspecified atom stereocenters. The second-order valence-corrected chi connectivity index (χ2v) is 3.26. The Morgan fingerprint density at radius 1 is 1.36 bits per heavy atom. The van der Waals surface area contributed by atoms with E-state index >= 15 is 0 Å². The van der Waals surface area contributed by atoms with E-state index in [4.69, 9.17) is 9.84 Å². The molecule has 0 aliphatic heterocycles. The summed E-state index contributed by atoms with van der Waals surface area (Å²) < 4.78 is 5.06. The van der Waals surface area contributed by atoms with Crippen molar-refractivity contribution in [1.82, 2.24) is 0 Å². The van der Waals surface area contributed by atoms with Gasteiger partial charge in [-0.25, -0.2) is 0 Å². The largest absolute Gasteiger partial charge is 0.497 e. The monoisotopic (exact) mass is 192 g/mol. The summed E-state index contributed by atoms with van der Waals surface area (Å²) in [6, 6.07) is 7.94. The van der Waals surface area contributed by atoms with Gasteiger partial charge in [0, 0.05) is 0 Å². The van der Waals surface area contributed by atoms with Crippen LogP contribution >= 0.6 is 0 Å². The third-order valence-corrected chi connectivity index (χ3v) is 2.09. The van der Waals surface area contributed by atoms with Gasteiger partial charge in [0.25, 0.3) is 0 Å². The number of benzene rings is 1. The van der Waals surface area contributed by atoms with E-state index in [1.807, 2.05) is 37.3 Å². The van der Waals surface area contributed by atoms with Crippen LogP contribution in [0.15, 0.2) is 35.9 Å². The quantitative estimate of drug-likeness (QED) is 0.741. The minimum atomic E-state index is 0.135. The lowest BCUT2D eigenvalue weighted by molar-refractivity contribution is 0.331. The molecule has 0 aliphatic carbocycles. The lowest BCUT2D eigenvalue weighted by Gasteiger charge is -2.01. The highest BCUT2D eigenvalue weighted by Crippen LogP contribution is 2.12. The van der Waals surface area contributed by atoms with Gasteiger partial charge in [0.1, 0.15) is 5.75 Å². The van der Waals surface area contributed by atoms with E-state index in [0.717, 1.165) is 17.7 Å². The maximum atomic E-state index is 8.81. The number of ether oxygens (including phenoxy) is 1. The molecule has 14 heavy (non-hydrogen) atoms. The van der Waals surface area contributed by atoms with E-state index in [2.05, 4.69) is 0 Å². The predicted octanol–water partition coefficient (Wildman–Crippen LogP) is 2.18. The Hall–Kier alpha value is -1.28. The average molecular weight is 192 g/mol. The first-order valence-electron chi connectivity index (χ1n) is 4.65. The van der Waals surface area contributed by atoms with Gasteiger partial charge in [-0.2, -0.15) is 0 Å². The summed E-state index contributed by atoms with van der Waals surface area (Å²) in [5.74, 6) is 0.872. The topological polar surface area (TPSA) is 29.5 Å². The van der Waals surface area contributed by atoms with Crippen molar-refractivity contribution in [3.05, 3.63) is 41.5 Å². The predicted molar refractivity (Wildman–Crippen MR) is 57.5 cm³/mol. The van der Waals surface area contributed by atoms with E-state index in [1.54, 1.807) is 7.11 Å². The molecule has 76 valence electrons. The van der Waals surface area contributed by atoms with Crippen LogP contribution in [0.4, 0.5) is 0 Å². The molecule has 0 spiro atoms. The Kier molecular flexibility index (Phi) is 4.20. The molecule has 0 bridgehead atoms. The van der Waals surface area contributed by atoms with Gasteiger partial charge >= 0.3 is 0 Å². The number of methoxy groups -OCH3 is 1. The van der Waals surface area contributed by atoms with Gasteiger partial charge < -0.3 is 9.84 Å². The van der Waals surface area contributed by atoms with Gasteiger partial charge in [-0.1, -0.05) is 23.8 Å². The first kappa shape index (κ1) is 10.8. The van der Waals surface area contributed by atoms with E-state index in [-0.39, 0.29) is 6.61 Å². The van der Waals surface area contributed by atoms with Crippen LogP contribution in [0.25, 0.3) is 0 Å². The Labute approximate surface area is 84.8 Å². The Balaban J connectivity index is 2.60. The summed E-state index contributed by atoms with van der Waals surface area (Å²) in [6.45, 7) is 2.06. The summed E-state index contributed by atoms with van der Waals surface area (Å²) in [5, 5.41) is 8.81. The summed E-state index contributed by atoms with van der Waals surface area (Å²) >= 11 is 0. The molecule has 0 atom stereocenters. The fourth-order valence-corrected chi connectivity index (χ4v) is 1.12. The molecule has 0 saturated carbocycles. The van der Waals surface area contributed by atoms with Gasteiger partial charge in [0.2, 0.25) is 0 Å². The number of hydrogen-bond donors (Lipinski definition) is 1. The zero-order valence-electron chi connectivity index (χ0n) is 8.66. The molecule has 2 nitrogen and oxygen atoms in total. The third-order valence-electron chi connectivity index (χ3n) is 2.09. The van der Waals surface area contributed by atoms with Gasteiger partial charge in [-0.15, -0.1) is 0 Å². The van der Waals surface area contributed by atoms with Crippen molar-refractivity contribution < 1.29 is 9.84 Å². The van der Waals surface area contributed by atoms with Crippen molar-refractivity contribution in [2.45, 2.75) is 13.3 Å². The van der Waals surface area contributed by atoms with E-state index in [0.29, 0.717) is 0 Å². The fourth-order valence-electron chi connectivity index (χ4n) is 1.12. The van der Waals surface area contributed by atoms with Gasteiger partial charge in [-0.3, -0.25) is 0 Å². The zero-order chi connectivity index (χ0) is 10.4. The van der Waals surface area contributed by atoms with Crippen LogP contribution in [0, 0.1) is 0 Å². The van der Waals surface area contributed by atoms with Gasteiger partial charge in [0.05, 0.1) is 13.7 Å². The van der Waals surface area contributed by atoms with Crippen LogP contribution in [0.3, 0.4) is 0 Å². The minimum absolute atomic E-state index is 0.135. The van der Waals surface area contributed by atoms with Crippen LogP contribution in [-0.4, -0.2) is 18.8 Å².